The van der Waals surface area contributed by atoms with Gasteiger partial charge in [-0.3, -0.25) is 14.9 Å². The van der Waals surface area contributed by atoms with Crippen LogP contribution in [0.4, 0.5) is 10.7 Å². The van der Waals surface area contributed by atoms with Gasteiger partial charge in [-0.2, -0.15) is 0 Å². The Balaban J connectivity index is 2.93. The Labute approximate surface area is 121 Å². The van der Waals surface area contributed by atoms with Gasteiger partial charge in [0.15, 0.2) is 5.00 Å². The molecule has 0 spiro atoms. The summed E-state index contributed by atoms with van der Waals surface area (Å²) in [6.45, 7) is 5.26. The van der Waals surface area contributed by atoms with Crippen molar-refractivity contribution in [2.45, 2.75) is 32.9 Å². The van der Waals surface area contributed by atoms with Crippen molar-refractivity contribution < 1.29 is 14.8 Å². The zero-order chi connectivity index (χ0) is 15.4. The smallest absolute Gasteiger partial charge is 0.304 e. The number of carbonyl (C=O) groups is 1. The molecule has 0 saturated carbocycles. The summed E-state index contributed by atoms with van der Waals surface area (Å²) in [6, 6.07) is 1.36. The number of nitrogens with zero attached hydrogens (tertiary/aromatic N) is 2. The third-order valence-electron chi connectivity index (χ3n) is 2.50. The highest BCUT2D eigenvalue weighted by molar-refractivity contribution is 7.16. The van der Waals surface area contributed by atoms with Gasteiger partial charge in [-0.1, -0.05) is 0 Å². The number of nitrogens with one attached hydrogen (secondary N) is 1. The van der Waals surface area contributed by atoms with E-state index in [1.165, 1.54) is 11.0 Å². The molecule has 0 aliphatic heterocycles. The second-order valence-electron chi connectivity index (χ2n) is 4.85. The lowest BCUT2D eigenvalue weighted by Gasteiger charge is -2.17. The molecule has 1 aromatic rings. The Morgan fingerprint density at radius 3 is 2.60 bits per heavy atom. The number of aliphatic hydroxyl groups excluding tert-OH is 1. The molecule has 1 rings (SSSR count). The number of rotatable bonds is 6. The number of nitro groups is 1. The Kier molecular flexibility index (Phi) is 5.46. The van der Waals surface area contributed by atoms with E-state index in [0.29, 0.717) is 9.88 Å². The van der Waals surface area contributed by atoms with Crippen LogP contribution in [0, 0.1) is 10.1 Å². The van der Waals surface area contributed by atoms with Crippen molar-refractivity contribution in [3.8, 4) is 0 Å². The molecule has 0 aliphatic carbocycles. The highest BCUT2D eigenvalue weighted by atomic mass is 32.1. The Morgan fingerprint density at radius 1 is 1.55 bits per heavy atom. The molecule has 7 nitrogen and oxygen atoms in total. The Hall–Kier alpha value is -1.67. The average molecular weight is 301 g/mol. The van der Waals surface area contributed by atoms with E-state index >= 15 is 0 Å². The molecule has 0 unspecified atom stereocenters. The summed E-state index contributed by atoms with van der Waals surface area (Å²) in [5.41, 5.74) is -0.0919. The second kappa shape index (κ2) is 6.67. The van der Waals surface area contributed by atoms with Crippen molar-refractivity contribution in [2.24, 2.45) is 0 Å². The summed E-state index contributed by atoms with van der Waals surface area (Å²) in [6.07, 6.45) is -0.773. The van der Waals surface area contributed by atoms with Gasteiger partial charge in [-0.15, -0.1) is 11.3 Å². The van der Waals surface area contributed by atoms with E-state index in [2.05, 4.69) is 5.32 Å². The minimum Gasteiger partial charge on any atom is -0.388 e. The molecule has 2 N–H and O–H groups in total. The number of likely N-dealkylation sites (N-methyl/N-ethyl adjacent to an activating group) is 1. The topological polar surface area (TPSA) is 95.7 Å². The molecule has 0 radical (unpaired) electrons. The van der Waals surface area contributed by atoms with Gasteiger partial charge in [-0.05, 0) is 20.8 Å². The summed E-state index contributed by atoms with van der Waals surface area (Å²) in [5, 5.41) is 23.6. The number of hydrogen-bond donors (Lipinski definition) is 2. The van der Waals surface area contributed by atoms with Crippen molar-refractivity contribution in [2.75, 3.05) is 18.5 Å². The van der Waals surface area contributed by atoms with Crippen LogP contribution in [0.25, 0.3) is 0 Å². The summed E-state index contributed by atoms with van der Waals surface area (Å²) >= 11 is 1.12. The molecule has 20 heavy (non-hydrogen) atoms. The zero-order valence-corrected chi connectivity index (χ0v) is 12.7. The van der Waals surface area contributed by atoms with Crippen LogP contribution in [0.3, 0.4) is 0 Å². The van der Waals surface area contributed by atoms with Crippen LogP contribution in [0.2, 0.25) is 0 Å². The van der Waals surface area contributed by atoms with Crippen molar-refractivity contribution in [1.29, 1.82) is 0 Å². The highest BCUT2D eigenvalue weighted by Crippen LogP contribution is 2.39. The van der Waals surface area contributed by atoms with Gasteiger partial charge < -0.3 is 15.3 Å². The molecule has 1 amide bonds. The predicted molar refractivity (Wildman–Crippen MR) is 78.2 cm³/mol. The molecular weight excluding hydrogens is 282 g/mol. The molecule has 112 valence electrons. The maximum Gasteiger partial charge on any atom is 0.304 e. The Bertz CT molecular complexity index is 499. The Morgan fingerprint density at radius 2 is 2.15 bits per heavy atom. The molecule has 1 atom stereocenters. The van der Waals surface area contributed by atoms with E-state index in [-0.39, 0.29) is 24.2 Å². The van der Waals surface area contributed by atoms with E-state index in [1.807, 2.05) is 13.8 Å². The van der Waals surface area contributed by atoms with E-state index in [4.69, 9.17) is 0 Å². The van der Waals surface area contributed by atoms with Gasteiger partial charge in [-0.25, -0.2) is 0 Å². The third-order valence-corrected chi connectivity index (χ3v) is 3.91. The average Bonchev–Trinajstić information content (AvgIpc) is 2.72. The fourth-order valence-electron chi connectivity index (χ4n) is 1.65. The normalized spacial score (nSPS) is 12.3. The molecule has 8 heteroatoms. The molecule has 0 saturated heterocycles. The standard InChI is InChI=1S/C12H19N3O4S/c1-7(2)13-11(17)6-14(4)12-9(15(18)19)5-10(20-12)8(3)16/h5,7-8,16H,6H2,1-4H3,(H,13,17)/t8-/m1/s1. The fourth-order valence-corrected chi connectivity index (χ4v) is 2.68. The van der Waals surface area contributed by atoms with Crippen LogP contribution in [0.1, 0.15) is 31.8 Å². The van der Waals surface area contributed by atoms with Gasteiger partial charge >= 0.3 is 5.69 Å². The zero-order valence-electron chi connectivity index (χ0n) is 11.9. The minimum atomic E-state index is -0.773. The van der Waals surface area contributed by atoms with E-state index < -0.39 is 11.0 Å². The highest BCUT2D eigenvalue weighted by Gasteiger charge is 2.24. The lowest BCUT2D eigenvalue weighted by atomic mass is 10.3. The summed E-state index contributed by atoms with van der Waals surface area (Å²) < 4.78 is 0. The quantitative estimate of drug-likeness (QED) is 0.615. The third kappa shape index (κ3) is 4.17. The molecule has 1 aromatic heterocycles. The lowest BCUT2D eigenvalue weighted by molar-refractivity contribution is -0.383. The van der Waals surface area contributed by atoms with E-state index in [1.54, 1.807) is 14.0 Å². The molecule has 0 fully saturated rings. The van der Waals surface area contributed by atoms with Gasteiger partial charge in [0.2, 0.25) is 5.91 Å². The lowest BCUT2D eigenvalue weighted by Crippen LogP contribution is -2.38. The van der Waals surface area contributed by atoms with Gasteiger partial charge in [0.25, 0.3) is 0 Å². The first-order chi connectivity index (χ1) is 9.22. The monoisotopic (exact) mass is 301 g/mol. The van der Waals surface area contributed by atoms with Crippen LogP contribution in [-0.2, 0) is 4.79 Å². The number of aliphatic hydroxyl groups is 1. The second-order valence-corrected chi connectivity index (χ2v) is 5.91. The SMILES string of the molecule is CC(C)NC(=O)CN(C)c1sc([C@@H](C)O)cc1[N+](=O)[O-]. The first-order valence-corrected chi connectivity index (χ1v) is 7.00. The van der Waals surface area contributed by atoms with Gasteiger partial charge in [0.1, 0.15) is 0 Å². The first kappa shape index (κ1) is 16.4. The van der Waals surface area contributed by atoms with Gasteiger partial charge in [0, 0.05) is 24.0 Å². The van der Waals surface area contributed by atoms with Crippen LogP contribution in [0.5, 0.6) is 0 Å². The summed E-state index contributed by atoms with van der Waals surface area (Å²) in [4.78, 5) is 24.2. The molecular formula is C12H19N3O4S. The predicted octanol–water partition coefficient (Wildman–Crippen LogP) is 1.67. The maximum absolute atomic E-state index is 11.7. The van der Waals surface area contributed by atoms with Crippen molar-refractivity contribution in [3.05, 3.63) is 21.1 Å². The van der Waals surface area contributed by atoms with E-state index in [9.17, 15) is 20.0 Å². The fraction of sp³-hybridized carbons (Fsp3) is 0.583. The number of anilines is 1. The van der Waals surface area contributed by atoms with Crippen molar-refractivity contribution >= 4 is 27.9 Å². The van der Waals surface area contributed by atoms with Crippen LogP contribution >= 0.6 is 11.3 Å². The van der Waals surface area contributed by atoms with Crippen molar-refractivity contribution in [3.63, 3.8) is 0 Å². The maximum atomic E-state index is 11.7. The number of hydrogen-bond acceptors (Lipinski definition) is 6. The number of carbonyl (C=O) groups excluding carboxylic acids is 1. The minimum absolute atomic E-state index is 0.0160. The summed E-state index contributed by atoms with van der Waals surface area (Å²) in [5.74, 6) is -0.205. The summed E-state index contributed by atoms with van der Waals surface area (Å²) in [7, 11) is 1.62. The molecule has 0 aliphatic rings. The van der Waals surface area contributed by atoms with Crippen LogP contribution in [0.15, 0.2) is 6.07 Å². The van der Waals surface area contributed by atoms with Crippen molar-refractivity contribution in [1.82, 2.24) is 5.32 Å². The molecule has 0 bridgehead atoms. The van der Waals surface area contributed by atoms with E-state index in [0.717, 1.165) is 11.3 Å². The largest absolute Gasteiger partial charge is 0.388 e. The van der Waals surface area contributed by atoms with Gasteiger partial charge in [0.05, 0.1) is 17.6 Å². The van der Waals surface area contributed by atoms with Crippen LogP contribution < -0.4 is 10.2 Å². The molecule has 1 heterocycles. The first-order valence-electron chi connectivity index (χ1n) is 6.19. The number of thiophene rings is 1. The van der Waals surface area contributed by atoms with Crippen LogP contribution in [-0.4, -0.2) is 35.6 Å². The molecule has 0 aromatic carbocycles. The number of amides is 1.